The Morgan fingerprint density at radius 2 is 2.00 bits per heavy atom. The van der Waals surface area contributed by atoms with Crippen LogP contribution in [-0.2, 0) is 14.3 Å². The maximum absolute atomic E-state index is 13.3. The fraction of sp³-hybridized carbons (Fsp3) is 0.722. The van der Waals surface area contributed by atoms with Crippen LogP contribution in [0.25, 0.3) is 0 Å². The summed E-state index contributed by atoms with van der Waals surface area (Å²) in [5.74, 6) is -0.376. The highest BCUT2D eigenvalue weighted by molar-refractivity contribution is 5.93. The number of carbonyl (C=O) groups is 3. The van der Waals surface area contributed by atoms with Gasteiger partial charge in [0.15, 0.2) is 0 Å². The van der Waals surface area contributed by atoms with E-state index in [1.807, 2.05) is 32.9 Å². The number of carbonyl (C=O) groups excluding carboxylic acids is 3. The monoisotopic (exact) mass is 351 g/mol. The molecule has 7 nitrogen and oxygen atoms in total. The number of amides is 3. The highest BCUT2D eigenvalue weighted by Crippen LogP contribution is 2.37. The van der Waals surface area contributed by atoms with E-state index in [0.717, 1.165) is 6.42 Å². The topological polar surface area (TPSA) is 79.0 Å². The van der Waals surface area contributed by atoms with Crippen LogP contribution in [0.5, 0.6) is 0 Å². The number of likely N-dealkylation sites (tertiary alicyclic amines) is 1. The van der Waals surface area contributed by atoms with Gasteiger partial charge < -0.3 is 15.0 Å². The maximum Gasteiger partial charge on any atom is 0.411 e. The molecule has 3 amide bonds. The molecule has 25 heavy (non-hydrogen) atoms. The summed E-state index contributed by atoms with van der Waals surface area (Å²) in [6.45, 7) is 6.39. The lowest BCUT2D eigenvalue weighted by molar-refractivity contribution is -0.145. The van der Waals surface area contributed by atoms with Gasteiger partial charge in [-0.1, -0.05) is 12.2 Å². The molecule has 0 aliphatic carbocycles. The number of rotatable bonds is 2. The van der Waals surface area contributed by atoms with Crippen LogP contribution in [0.4, 0.5) is 4.79 Å². The molecule has 1 saturated heterocycles. The SMILES string of the molecule is CNC(=O)CN1CC/C=C\C[C@]2(CCCN2C(=O)OC(C)(C)C)C1=O. The van der Waals surface area contributed by atoms with Crippen molar-refractivity contribution < 1.29 is 19.1 Å². The molecule has 0 aromatic rings. The second kappa shape index (κ2) is 7.45. The van der Waals surface area contributed by atoms with Crippen molar-refractivity contribution in [2.24, 2.45) is 0 Å². The smallest absolute Gasteiger partial charge is 0.411 e. The molecular weight excluding hydrogens is 322 g/mol. The summed E-state index contributed by atoms with van der Waals surface area (Å²) >= 11 is 0. The number of ether oxygens (including phenoxy) is 1. The van der Waals surface area contributed by atoms with Crippen LogP contribution in [0, 0.1) is 0 Å². The van der Waals surface area contributed by atoms with Gasteiger partial charge in [0.2, 0.25) is 11.8 Å². The van der Waals surface area contributed by atoms with Gasteiger partial charge in [0.1, 0.15) is 11.1 Å². The molecule has 1 N–H and O–H groups in total. The quantitative estimate of drug-likeness (QED) is 0.768. The molecule has 2 rings (SSSR count). The summed E-state index contributed by atoms with van der Waals surface area (Å²) in [7, 11) is 1.55. The van der Waals surface area contributed by atoms with Crippen LogP contribution in [-0.4, -0.2) is 65.5 Å². The molecule has 0 saturated carbocycles. The Morgan fingerprint density at radius 1 is 1.28 bits per heavy atom. The highest BCUT2D eigenvalue weighted by atomic mass is 16.6. The summed E-state index contributed by atoms with van der Waals surface area (Å²) in [6.07, 6.45) is 5.99. The van der Waals surface area contributed by atoms with Crippen molar-refractivity contribution >= 4 is 17.9 Å². The predicted molar refractivity (Wildman–Crippen MR) is 93.9 cm³/mol. The standard InChI is InChI=1S/C18H29N3O4/c1-17(2,3)25-16(24)21-12-8-10-18(21)9-6-5-7-11-20(15(18)23)13-14(22)19-4/h5-6H,7-13H2,1-4H3,(H,19,22)/b6-5-/t18-/m0/s1. The van der Waals surface area contributed by atoms with E-state index in [2.05, 4.69) is 5.32 Å². The zero-order valence-corrected chi connectivity index (χ0v) is 15.6. The number of likely N-dealkylation sites (N-methyl/N-ethyl adjacent to an activating group) is 1. The van der Waals surface area contributed by atoms with Gasteiger partial charge in [-0.25, -0.2) is 4.79 Å². The molecule has 1 fully saturated rings. The van der Waals surface area contributed by atoms with Gasteiger partial charge in [-0.2, -0.15) is 0 Å². The lowest BCUT2D eigenvalue weighted by atomic mass is 9.88. The van der Waals surface area contributed by atoms with Gasteiger partial charge in [0.05, 0.1) is 6.54 Å². The largest absolute Gasteiger partial charge is 0.444 e. The van der Waals surface area contributed by atoms with Crippen molar-refractivity contribution in [1.29, 1.82) is 0 Å². The first kappa shape index (κ1) is 19.3. The third kappa shape index (κ3) is 4.32. The van der Waals surface area contributed by atoms with E-state index in [-0.39, 0.29) is 18.4 Å². The second-order valence-electron chi connectivity index (χ2n) is 7.63. The molecular formula is C18H29N3O4. The fourth-order valence-corrected chi connectivity index (χ4v) is 3.41. The van der Waals surface area contributed by atoms with Crippen molar-refractivity contribution in [2.45, 2.75) is 57.6 Å². The Kier molecular flexibility index (Phi) is 5.75. The number of nitrogens with one attached hydrogen (secondary N) is 1. The molecule has 2 aliphatic rings. The highest BCUT2D eigenvalue weighted by Gasteiger charge is 2.52. The third-order valence-corrected chi connectivity index (χ3v) is 4.59. The summed E-state index contributed by atoms with van der Waals surface area (Å²) < 4.78 is 5.52. The van der Waals surface area contributed by atoms with Crippen molar-refractivity contribution in [2.75, 3.05) is 26.7 Å². The molecule has 2 heterocycles. The summed E-state index contributed by atoms with van der Waals surface area (Å²) in [6, 6.07) is 0. The van der Waals surface area contributed by atoms with Gasteiger partial charge in [-0.15, -0.1) is 0 Å². The van der Waals surface area contributed by atoms with Crippen molar-refractivity contribution in [3.8, 4) is 0 Å². The van der Waals surface area contributed by atoms with Crippen molar-refractivity contribution in [3.63, 3.8) is 0 Å². The minimum atomic E-state index is -0.951. The Morgan fingerprint density at radius 3 is 2.64 bits per heavy atom. The number of nitrogens with zero attached hydrogens (tertiary/aromatic N) is 2. The first-order chi connectivity index (χ1) is 11.7. The lowest BCUT2D eigenvalue weighted by Crippen LogP contribution is -2.60. The average molecular weight is 351 g/mol. The summed E-state index contributed by atoms with van der Waals surface area (Å²) in [5.41, 5.74) is -1.57. The van der Waals surface area contributed by atoms with Gasteiger partial charge in [0, 0.05) is 20.1 Å². The van der Waals surface area contributed by atoms with Crippen LogP contribution in [0.3, 0.4) is 0 Å². The molecule has 1 spiro atoms. The Bertz CT molecular complexity index is 567. The summed E-state index contributed by atoms with van der Waals surface area (Å²) in [4.78, 5) is 40.9. The molecule has 0 aromatic carbocycles. The Hall–Kier alpha value is -2.05. The van der Waals surface area contributed by atoms with Gasteiger partial charge >= 0.3 is 6.09 Å². The van der Waals surface area contributed by atoms with E-state index in [0.29, 0.717) is 32.4 Å². The molecule has 2 aliphatic heterocycles. The van der Waals surface area contributed by atoms with Crippen molar-refractivity contribution in [3.05, 3.63) is 12.2 Å². The van der Waals surface area contributed by atoms with Gasteiger partial charge in [0.25, 0.3) is 0 Å². The molecule has 140 valence electrons. The average Bonchev–Trinajstić information content (AvgIpc) is 2.95. The van der Waals surface area contributed by atoms with Crippen LogP contribution < -0.4 is 5.32 Å². The molecule has 0 radical (unpaired) electrons. The zero-order valence-electron chi connectivity index (χ0n) is 15.6. The van der Waals surface area contributed by atoms with Gasteiger partial charge in [-0.3, -0.25) is 14.5 Å². The molecule has 0 unspecified atom stereocenters. The minimum Gasteiger partial charge on any atom is -0.444 e. The minimum absolute atomic E-state index is 0.00703. The van der Waals surface area contributed by atoms with Crippen LogP contribution >= 0.6 is 0 Å². The summed E-state index contributed by atoms with van der Waals surface area (Å²) in [5, 5.41) is 2.56. The Balaban J connectivity index is 2.30. The van der Waals surface area contributed by atoms with Crippen LogP contribution in [0.15, 0.2) is 12.2 Å². The molecule has 0 bridgehead atoms. The van der Waals surface area contributed by atoms with Gasteiger partial charge in [-0.05, 0) is 46.5 Å². The van der Waals surface area contributed by atoms with E-state index in [1.165, 1.54) is 0 Å². The maximum atomic E-state index is 13.3. The predicted octanol–water partition coefficient (Wildman–Crippen LogP) is 1.68. The van der Waals surface area contributed by atoms with E-state index >= 15 is 0 Å². The normalized spacial score (nSPS) is 25.5. The van der Waals surface area contributed by atoms with Crippen molar-refractivity contribution in [1.82, 2.24) is 15.1 Å². The first-order valence-corrected chi connectivity index (χ1v) is 8.85. The number of hydrogen-bond donors (Lipinski definition) is 1. The molecule has 1 atom stereocenters. The van der Waals surface area contributed by atoms with E-state index in [4.69, 9.17) is 4.74 Å². The first-order valence-electron chi connectivity index (χ1n) is 8.85. The third-order valence-electron chi connectivity index (χ3n) is 4.59. The second-order valence-corrected chi connectivity index (χ2v) is 7.63. The zero-order chi connectivity index (χ0) is 18.7. The van der Waals surface area contributed by atoms with E-state index in [1.54, 1.807) is 16.8 Å². The van der Waals surface area contributed by atoms with E-state index < -0.39 is 17.2 Å². The van der Waals surface area contributed by atoms with E-state index in [9.17, 15) is 14.4 Å². The molecule has 7 heteroatoms. The van der Waals surface area contributed by atoms with Crippen LogP contribution in [0.1, 0.15) is 46.5 Å². The number of hydrogen-bond acceptors (Lipinski definition) is 4. The fourth-order valence-electron chi connectivity index (χ4n) is 3.41. The Labute approximate surface area is 149 Å². The lowest BCUT2D eigenvalue weighted by Gasteiger charge is -2.41. The molecule has 0 aromatic heterocycles. The van der Waals surface area contributed by atoms with Crippen LogP contribution in [0.2, 0.25) is 0 Å².